The van der Waals surface area contributed by atoms with Crippen molar-refractivity contribution in [2.45, 2.75) is 32.7 Å². The summed E-state index contributed by atoms with van der Waals surface area (Å²) in [6.07, 6.45) is 0. The van der Waals surface area contributed by atoms with Gasteiger partial charge in [-0.2, -0.15) is 0 Å². The molecule has 1 unspecified atom stereocenters. The third-order valence-corrected chi connectivity index (χ3v) is 5.75. The summed E-state index contributed by atoms with van der Waals surface area (Å²) < 4.78 is 29.4. The summed E-state index contributed by atoms with van der Waals surface area (Å²) in [5.74, 6) is -0.591. The number of carbonyl (C=O) groups is 1. The third kappa shape index (κ3) is 5.82. The lowest BCUT2D eigenvalue weighted by Crippen LogP contribution is -2.22. The summed E-state index contributed by atoms with van der Waals surface area (Å²) in [6, 6.07) is 18.7. The average molecular weight is 362 g/mol. The molecule has 0 saturated carbocycles. The first-order valence-electron chi connectivity index (χ1n) is 8.18. The van der Waals surface area contributed by atoms with Crippen molar-refractivity contribution >= 4 is 13.6 Å². The smallest absolute Gasteiger partial charge is 0.345 e. The molecule has 6 heteroatoms. The number of carbonyl (C=O) groups excluding carboxylic acids is 1. The lowest BCUT2D eigenvalue weighted by atomic mass is 10.2. The monoisotopic (exact) mass is 362 g/mol. The van der Waals surface area contributed by atoms with E-state index in [9.17, 15) is 9.36 Å². The molecule has 0 aliphatic rings. The minimum absolute atomic E-state index is 0.0939. The lowest BCUT2D eigenvalue weighted by molar-refractivity contribution is -0.142. The van der Waals surface area contributed by atoms with Crippen LogP contribution >= 0.6 is 7.60 Å². The maximum absolute atomic E-state index is 13.2. The highest BCUT2D eigenvalue weighted by molar-refractivity contribution is 7.55. The first-order chi connectivity index (χ1) is 12.0. The Bertz CT molecular complexity index is 655. The number of esters is 1. The van der Waals surface area contributed by atoms with Crippen LogP contribution in [0.4, 0.5) is 0 Å². The molecule has 2 aromatic rings. The number of hydrogen-bond acceptors (Lipinski definition) is 5. The highest BCUT2D eigenvalue weighted by Crippen LogP contribution is 2.54. The van der Waals surface area contributed by atoms with E-state index in [0.29, 0.717) is 0 Å². The van der Waals surface area contributed by atoms with Gasteiger partial charge in [-0.15, -0.1) is 0 Å². The van der Waals surface area contributed by atoms with Crippen LogP contribution in [0.5, 0.6) is 0 Å². The Hall–Kier alpha value is -1.94. The molecule has 0 radical (unpaired) electrons. The molecular formula is C19H23O5P. The van der Waals surface area contributed by atoms with Crippen LogP contribution in [0.25, 0.3) is 0 Å². The number of rotatable bonds is 9. The van der Waals surface area contributed by atoms with Crippen LogP contribution in [0.1, 0.15) is 25.0 Å². The predicted octanol–water partition coefficient (Wildman–Crippen LogP) is 4.56. The molecule has 1 atom stereocenters. The van der Waals surface area contributed by atoms with E-state index in [0.717, 1.165) is 11.1 Å². The third-order valence-electron chi connectivity index (χ3n) is 3.61. The Morgan fingerprint density at radius 2 is 1.36 bits per heavy atom. The molecule has 5 nitrogen and oxygen atoms in total. The zero-order chi connectivity index (χ0) is 18.1. The summed E-state index contributed by atoms with van der Waals surface area (Å²) in [4.78, 5) is 12.1. The van der Waals surface area contributed by atoms with Gasteiger partial charge in [0.1, 0.15) is 0 Å². The molecule has 0 amide bonds. The van der Waals surface area contributed by atoms with Crippen LogP contribution in [0.3, 0.4) is 0 Å². The van der Waals surface area contributed by atoms with Crippen molar-refractivity contribution in [1.82, 2.24) is 0 Å². The van der Waals surface area contributed by atoms with Gasteiger partial charge in [0.2, 0.25) is 0 Å². The van der Waals surface area contributed by atoms with Crippen LogP contribution < -0.4 is 0 Å². The van der Waals surface area contributed by atoms with E-state index in [-0.39, 0.29) is 19.8 Å². The van der Waals surface area contributed by atoms with Crippen LogP contribution in [0, 0.1) is 0 Å². The van der Waals surface area contributed by atoms with Gasteiger partial charge < -0.3 is 13.8 Å². The molecular weight excluding hydrogens is 339 g/mol. The molecule has 2 rings (SSSR count). The Morgan fingerprint density at radius 3 is 1.76 bits per heavy atom. The molecule has 134 valence electrons. The maximum Gasteiger partial charge on any atom is 0.345 e. The summed E-state index contributed by atoms with van der Waals surface area (Å²) in [7, 11) is -3.70. The fraction of sp³-hybridized carbons (Fsp3) is 0.316. The van der Waals surface area contributed by atoms with E-state index >= 15 is 0 Å². The first-order valence-corrected chi connectivity index (χ1v) is 9.79. The van der Waals surface area contributed by atoms with Gasteiger partial charge in [-0.05, 0) is 25.0 Å². The Kier molecular flexibility index (Phi) is 7.38. The van der Waals surface area contributed by atoms with Gasteiger partial charge in [-0.25, -0.2) is 0 Å². The van der Waals surface area contributed by atoms with Gasteiger partial charge >= 0.3 is 13.6 Å². The van der Waals surface area contributed by atoms with Crippen molar-refractivity contribution in [2.75, 3.05) is 6.61 Å². The van der Waals surface area contributed by atoms with Crippen molar-refractivity contribution in [2.24, 2.45) is 0 Å². The van der Waals surface area contributed by atoms with E-state index in [4.69, 9.17) is 13.8 Å². The summed E-state index contributed by atoms with van der Waals surface area (Å²) in [5.41, 5.74) is 0.698. The second-order valence-corrected chi connectivity index (χ2v) is 7.86. The number of ether oxygens (including phenoxy) is 1. The van der Waals surface area contributed by atoms with Crippen LogP contribution in [-0.2, 0) is 36.4 Å². The predicted molar refractivity (Wildman–Crippen MR) is 96.2 cm³/mol. The largest absolute Gasteiger partial charge is 0.465 e. The van der Waals surface area contributed by atoms with Gasteiger partial charge in [-0.1, -0.05) is 60.7 Å². The fourth-order valence-electron chi connectivity index (χ4n) is 2.13. The molecule has 0 N–H and O–H groups in total. The molecule has 0 spiro atoms. The molecule has 0 saturated heterocycles. The maximum atomic E-state index is 13.2. The van der Waals surface area contributed by atoms with Crippen LogP contribution in [0.2, 0.25) is 0 Å². The summed E-state index contributed by atoms with van der Waals surface area (Å²) in [5, 5.41) is 0. The van der Waals surface area contributed by atoms with E-state index < -0.39 is 19.2 Å². The average Bonchev–Trinajstić information content (AvgIpc) is 2.66. The molecule has 0 aliphatic carbocycles. The molecule has 0 aliphatic heterocycles. The molecule has 25 heavy (non-hydrogen) atoms. The Labute approximate surface area is 148 Å². The van der Waals surface area contributed by atoms with Crippen molar-refractivity contribution in [3.8, 4) is 0 Å². The zero-order valence-corrected chi connectivity index (χ0v) is 15.4. The molecule has 0 heterocycles. The van der Waals surface area contributed by atoms with E-state index in [2.05, 4.69) is 0 Å². The van der Waals surface area contributed by atoms with Crippen molar-refractivity contribution in [3.63, 3.8) is 0 Å². The van der Waals surface area contributed by atoms with Gasteiger partial charge in [0, 0.05) is 0 Å². The van der Waals surface area contributed by atoms with Gasteiger partial charge in [-0.3, -0.25) is 9.36 Å². The second-order valence-electron chi connectivity index (χ2n) is 5.49. The normalized spacial score (nSPS) is 12.6. The van der Waals surface area contributed by atoms with Crippen molar-refractivity contribution < 1.29 is 23.1 Å². The fourth-order valence-corrected chi connectivity index (χ4v) is 3.64. The van der Waals surface area contributed by atoms with Crippen LogP contribution in [-0.4, -0.2) is 18.2 Å². The number of hydrogen-bond donors (Lipinski definition) is 0. The zero-order valence-electron chi connectivity index (χ0n) is 14.5. The SMILES string of the molecule is CCOC(=O)C(C)P(=O)(OCc1ccccc1)OCc1ccccc1. The Morgan fingerprint density at radius 1 is 0.920 bits per heavy atom. The first kappa shape index (κ1) is 19.4. The van der Waals surface area contributed by atoms with Crippen molar-refractivity contribution in [1.29, 1.82) is 0 Å². The molecule has 2 aromatic carbocycles. The minimum Gasteiger partial charge on any atom is -0.465 e. The Balaban J connectivity index is 2.11. The van der Waals surface area contributed by atoms with E-state index in [1.165, 1.54) is 6.92 Å². The lowest BCUT2D eigenvalue weighted by Gasteiger charge is -2.23. The molecule has 0 bridgehead atoms. The minimum atomic E-state index is -3.70. The molecule has 0 fully saturated rings. The highest BCUT2D eigenvalue weighted by Gasteiger charge is 2.39. The molecule has 0 aromatic heterocycles. The summed E-state index contributed by atoms with van der Waals surface area (Å²) in [6.45, 7) is 3.60. The van der Waals surface area contributed by atoms with E-state index in [1.54, 1.807) is 6.92 Å². The van der Waals surface area contributed by atoms with Crippen LogP contribution in [0.15, 0.2) is 60.7 Å². The highest BCUT2D eigenvalue weighted by atomic mass is 31.2. The second kappa shape index (κ2) is 9.52. The van der Waals surface area contributed by atoms with E-state index in [1.807, 2.05) is 60.7 Å². The van der Waals surface area contributed by atoms with Gasteiger partial charge in [0.05, 0.1) is 19.8 Å². The topological polar surface area (TPSA) is 61.8 Å². The van der Waals surface area contributed by atoms with Gasteiger partial charge in [0.15, 0.2) is 5.66 Å². The van der Waals surface area contributed by atoms with Crippen molar-refractivity contribution in [3.05, 3.63) is 71.8 Å². The number of benzene rings is 2. The summed E-state index contributed by atoms with van der Waals surface area (Å²) >= 11 is 0. The standard InChI is InChI=1S/C19H23O5P/c1-3-22-19(20)16(2)25(21,23-14-17-10-6-4-7-11-17)24-15-18-12-8-5-9-13-18/h4-13,16H,3,14-15H2,1-2H3. The quantitative estimate of drug-likeness (QED) is 0.483. The van der Waals surface area contributed by atoms with Gasteiger partial charge in [0.25, 0.3) is 0 Å².